The molecule has 2 aromatic carbocycles. The van der Waals surface area contributed by atoms with Gasteiger partial charge in [-0.3, -0.25) is 9.59 Å². The third-order valence-corrected chi connectivity index (χ3v) is 6.95. The molecular weight excluding hydrogens is 432 g/mol. The highest BCUT2D eigenvalue weighted by molar-refractivity contribution is 6.02. The normalized spacial score (nSPS) is 21.7. The first-order valence-corrected chi connectivity index (χ1v) is 11.7. The molecule has 3 unspecified atom stereocenters. The highest BCUT2D eigenvalue weighted by atomic mass is 16.5. The van der Waals surface area contributed by atoms with Gasteiger partial charge in [0.05, 0.1) is 7.11 Å². The van der Waals surface area contributed by atoms with Crippen LogP contribution in [0.4, 0.5) is 5.69 Å². The summed E-state index contributed by atoms with van der Waals surface area (Å²) in [5.74, 6) is 1.29. The number of methoxy groups -OCH3 is 1. The Morgan fingerprint density at radius 3 is 2.62 bits per heavy atom. The number of tetrazole rings is 1. The van der Waals surface area contributed by atoms with E-state index in [0.717, 1.165) is 25.7 Å². The number of rotatable bonds is 5. The molecule has 3 aromatic rings. The molecule has 2 heterocycles. The van der Waals surface area contributed by atoms with Crippen LogP contribution in [0.25, 0.3) is 5.69 Å². The van der Waals surface area contributed by atoms with Crippen LogP contribution < -0.4 is 10.1 Å². The molecule has 2 amide bonds. The molecule has 0 radical (unpaired) electrons. The Morgan fingerprint density at radius 2 is 1.88 bits per heavy atom. The lowest BCUT2D eigenvalue weighted by molar-refractivity contribution is -0.120. The minimum atomic E-state index is -0.513. The Morgan fingerprint density at radius 1 is 1.09 bits per heavy atom. The van der Waals surface area contributed by atoms with Crippen molar-refractivity contribution in [1.29, 1.82) is 0 Å². The maximum absolute atomic E-state index is 13.5. The van der Waals surface area contributed by atoms with E-state index in [-0.39, 0.29) is 17.9 Å². The lowest BCUT2D eigenvalue weighted by Gasteiger charge is -2.33. The minimum absolute atomic E-state index is 0.0742. The number of fused-ring (bicyclic) bond motifs is 1. The van der Waals surface area contributed by atoms with Gasteiger partial charge >= 0.3 is 0 Å². The van der Waals surface area contributed by atoms with Crippen molar-refractivity contribution >= 4 is 17.5 Å². The number of likely N-dealkylation sites (tertiary alicyclic amines) is 1. The third kappa shape index (κ3) is 4.02. The van der Waals surface area contributed by atoms with Crippen molar-refractivity contribution in [1.82, 2.24) is 25.1 Å². The average molecular weight is 461 g/mol. The zero-order valence-electron chi connectivity index (χ0n) is 19.3. The number of hydrogen-bond donors (Lipinski definition) is 1. The van der Waals surface area contributed by atoms with Crippen molar-refractivity contribution in [2.75, 3.05) is 12.4 Å². The number of anilines is 1. The predicted molar refractivity (Wildman–Crippen MR) is 126 cm³/mol. The Kier molecular flexibility index (Phi) is 6.00. The summed E-state index contributed by atoms with van der Waals surface area (Å²) in [5, 5.41) is 14.7. The Hall–Kier alpha value is -3.75. The Labute approximate surface area is 198 Å². The molecule has 1 aliphatic carbocycles. The number of nitrogens with one attached hydrogen (secondary N) is 1. The van der Waals surface area contributed by atoms with Crippen molar-refractivity contribution in [3.63, 3.8) is 0 Å². The summed E-state index contributed by atoms with van der Waals surface area (Å²) < 4.78 is 7.02. The van der Waals surface area contributed by atoms with Crippen LogP contribution in [0.2, 0.25) is 0 Å². The fourth-order valence-corrected chi connectivity index (χ4v) is 5.33. The predicted octanol–water partition coefficient (Wildman–Crippen LogP) is 3.39. The second-order valence-corrected chi connectivity index (χ2v) is 8.96. The van der Waals surface area contributed by atoms with Crippen LogP contribution >= 0.6 is 0 Å². The van der Waals surface area contributed by atoms with E-state index in [1.807, 2.05) is 35.2 Å². The standard InChI is InChI=1S/C25H28N6O3/c1-16-27-28-29-31(16)21-15-19(12-13-23(21)34-2)26-24(32)22-14-18-10-6-7-11-20(18)30(22)25(33)17-8-4-3-5-9-17/h3-5,8-9,12-13,15,18,20,22H,6-7,10-11,14H2,1-2H3,(H,26,32). The van der Waals surface area contributed by atoms with E-state index >= 15 is 0 Å². The fraction of sp³-hybridized carbons (Fsp3) is 0.400. The number of nitrogens with zero attached hydrogens (tertiary/aromatic N) is 5. The second-order valence-electron chi connectivity index (χ2n) is 8.96. The molecule has 1 aliphatic heterocycles. The number of ether oxygens (including phenoxy) is 1. The maximum Gasteiger partial charge on any atom is 0.254 e. The molecule has 5 rings (SSSR count). The third-order valence-electron chi connectivity index (χ3n) is 6.95. The van der Waals surface area contributed by atoms with E-state index in [2.05, 4.69) is 20.8 Å². The summed E-state index contributed by atoms with van der Waals surface area (Å²) >= 11 is 0. The van der Waals surface area contributed by atoms with Crippen LogP contribution in [0.5, 0.6) is 5.75 Å². The number of aryl methyl sites for hydroxylation is 1. The average Bonchev–Trinajstić information content (AvgIpc) is 3.47. The first-order valence-electron chi connectivity index (χ1n) is 11.7. The summed E-state index contributed by atoms with van der Waals surface area (Å²) in [6.45, 7) is 1.79. The minimum Gasteiger partial charge on any atom is -0.494 e. The van der Waals surface area contributed by atoms with Gasteiger partial charge in [-0.15, -0.1) is 5.10 Å². The number of amides is 2. The van der Waals surface area contributed by atoms with E-state index in [4.69, 9.17) is 4.74 Å². The summed E-state index contributed by atoms with van der Waals surface area (Å²) in [5.41, 5.74) is 1.84. The summed E-state index contributed by atoms with van der Waals surface area (Å²) in [6, 6.07) is 14.2. The van der Waals surface area contributed by atoms with E-state index < -0.39 is 6.04 Å². The zero-order chi connectivity index (χ0) is 23.7. The smallest absolute Gasteiger partial charge is 0.254 e. The van der Waals surface area contributed by atoms with Gasteiger partial charge in [0, 0.05) is 17.3 Å². The molecule has 2 aliphatic rings. The molecule has 9 nitrogen and oxygen atoms in total. The second kappa shape index (κ2) is 9.24. The Balaban J connectivity index is 1.43. The SMILES string of the molecule is COc1ccc(NC(=O)C2CC3CCCCC3N2C(=O)c2ccccc2)cc1-n1nnnc1C. The molecule has 34 heavy (non-hydrogen) atoms. The number of carbonyl (C=O) groups is 2. The molecule has 1 N–H and O–H groups in total. The fourth-order valence-electron chi connectivity index (χ4n) is 5.33. The van der Waals surface area contributed by atoms with E-state index in [1.165, 1.54) is 0 Å². The van der Waals surface area contributed by atoms with E-state index in [9.17, 15) is 9.59 Å². The molecule has 2 fully saturated rings. The van der Waals surface area contributed by atoms with E-state index in [1.54, 1.807) is 36.9 Å². The van der Waals surface area contributed by atoms with E-state index in [0.29, 0.717) is 40.9 Å². The quantitative estimate of drug-likeness (QED) is 0.626. The monoisotopic (exact) mass is 460 g/mol. The topological polar surface area (TPSA) is 102 Å². The first kappa shape index (κ1) is 22.1. The van der Waals surface area contributed by atoms with Crippen LogP contribution in [0.15, 0.2) is 48.5 Å². The first-order chi connectivity index (χ1) is 16.6. The van der Waals surface area contributed by atoms with Crippen molar-refractivity contribution in [3.05, 3.63) is 59.9 Å². The van der Waals surface area contributed by atoms with Crippen LogP contribution in [0, 0.1) is 12.8 Å². The van der Waals surface area contributed by atoms with Crippen LogP contribution in [-0.2, 0) is 4.79 Å². The zero-order valence-corrected chi connectivity index (χ0v) is 19.3. The Bertz CT molecular complexity index is 1190. The van der Waals surface area contributed by atoms with Gasteiger partial charge in [-0.05, 0) is 72.9 Å². The van der Waals surface area contributed by atoms with Gasteiger partial charge in [-0.2, -0.15) is 4.68 Å². The van der Waals surface area contributed by atoms with Crippen molar-refractivity contribution < 1.29 is 14.3 Å². The van der Waals surface area contributed by atoms with Gasteiger partial charge in [-0.1, -0.05) is 31.0 Å². The van der Waals surface area contributed by atoms with Gasteiger partial charge in [0.25, 0.3) is 5.91 Å². The largest absolute Gasteiger partial charge is 0.494 e. The van der Waals surface area contributed by atoms with Crippen LogP contribution in [-0.4, -0.2) is 56.1 Å². The number of carbonyl (C=O) groups excluding carboxylic acids is 2. The summed E-state index contributed by atoms with van der Waals surface area (Å²) in [4.78, 5) is 28.9. The van der Waals surface area contributed by atoms with Crippen molar-refractivity contribution in [2.24, 2.45) is 5.92 Å². The van der Waals surface area contributed by atoms with Gasteiger partial charge in [-0.25, -0.2) is 0 Å². The number of aromatic nitrogens is 4. The van der Waals surface area contributed by atoms with Crippen LogP contribution in [0.3, 0.4) is 0 Å². The van der Waals surface area contributed by atoms with Crippen molar-refractivity contribution in [2.45, 2.75) is 51.1 Å². The van der Waals surface area contributed by atoms with Crippen LogP contribution in [0.1, 0.15) is 48.3 Å². The number of hydrogen-bond acceptors (Lipinski definition) is 6. The van der Waals surface area contributed by atoms with Crippen molar-refractivity contribution in [3.8, 4) is 11.4 Å². The van der Waals surface area contributed by atoms with Gasteiger partial charge < -0.3 is 15.0 Å². The molecular formula is C25H28N6O3. The lowest BCUT2D eigenvalue weighted by atomic mass is 9.84. The lowest BCUT2D eigenvalue weighted by Crippen LogP contribution is -2.47. The van der Waals surface area contributed by atoms with Gasteiger partial charge in [0.2, 0.25) is 5.91 Å². The molecule has 176 valence electrons. The highest BCUT2D eigenvalue weighted by Gasteiger charge is 2.47. The molecule has 0 spiro atoms. The molecule has 1 saturated heterocycles. The number of benzene rings is 2. The van der Waals surface area contributed by atoms with Gasteiger partial charge in [0.1, 0.15) is 17.5 Å². The molecule has 1 saturated carbocycles. The molecule has 0 bridgehead atoms. The maximum atomic E-state index is 13.5. The molecule has 1 aromatic heterocycles. The van der Waals surface area contributed by atoms with Gasteiger partial charge in [0.15, 0.2) is 5.82 Å². The summed E-state index contributed by atoms with van der Waals surface area (Å²) in [6.07, 6.45) is 4.91. The summed E-state index contributed by atoms with van der Waals surface area (Å²) in [7, 11) is 1.57. The highest BCUT2D eigenvalue weighted by Crippen LogP contribution is 2.41. The molecule has 3 atom stereocenters. The molecule has 9 heteroatoms.